The van der Waals surface area contributed by atoms with Crippen molar-refractivity contribution in [1.82, 2.24) is 4.90 Å². The van der Waals surface area contributed by atoms with E-state index in [2.05, 4.69) is 10.1 Å². The minimum atomic E-state index is 0.600. The maximum atomic E-state index is 8.76. The highest BCUT2D eigenvalue weighted by Crippen LogP contribution is 2.14. The molecular formula is C15H22N2O2. The Kier molecular flexibility index (Phi) is 5.21. The molecule has 4 heteroatoms. The summed E-state index contributed by atoms with van der Waals surface area (Å²) in [4.78, 5) is 2.49. The Labute approximate surface area is 114 Å². The topological polar surface area (TPSA) is 45.1 Å². The second kappa shape index (κ2) is 7.14. The zero-order valence-corrected chi connectivity index (χ0v) is 11.5. The molecular weight excluding hydrogens is 240 g/mol. The lowest BCUT2D eigenvalue weighted by Crippen LogP contribution is -2.21. The molecule has 0 spiro atoms. The molecule has 0 radical (unpaired) electrons. The Morgan fingerprint density at radius 3 is 2.89 bits per heavy atom. The first-order chi connectivity index (χ1) is 9.29. The molecule has 0 bridgehead atoms. The molecule has 1 saturated heterocycles. The summed E-state index contributed by atoms with van der Waals surface area (Å²) in [5.41, 5.74) is 1.49. The number of hydrogen-bond donors (Lipinski definition) is 1. The van der Waals surface area contributed by atoms with Gasteiger partial charge in [0.1, 0.15) is 5.75 Å². The van der Waals surface area contributed by atoms with Crippen LogP contribution in [0.2, 0.25) is 0 Å². The standard InChI is InChI=1S/C15H22N2O2/c1-13(16-18)14-6-4-7-15(12-14)19-11-5-10-17-8-2-3-9-17/h4,6-7,12,18H,2-3,5,8-11H2,1H3. The number of ether oxygens (including phenoxy) is 1. The molecule has 0 saturated carbocycles. The highest BCUT2D eigenvalue weighted by atomic mass is 16.5. The van der Waals surface area contributed by atoms with E-state index in [1.165, 1.54) is 25.9 Å². The van der Waals surface area contributed by atoms with E-state index in [0.29, 0.717) is 5.71 Å². The number of rotatable bonds is 6. The molecule has 1 aromatic rings. The molecule has 1 aromatic carbocycles. The number of nitrogens with zero attached hydrogens (tertiary/aromatic N) is 2. The summed E-state index contributed by atoms with van der Waals surface area (Å²) in [7, 11) is 0. The van der Waals surface area contributed by atoms with Gasteiger partial charge in [0, 0.05) is 12.1 Å². The van der Waals surface area contributed by atoms with Gasteiger partial charge in [-0.25, -0.2) is 0 Å². The van der Waals surface area contributed by atoms with E-state index < -0.39 is 0 Å². The number of likely N-dealkylation sites (tertiary alicyclic amines) is 1. The van der Waals surface area contributed by atoms with Gasteiger partial charge in [-0.1, -0.05) is 17.3 Å². The van der Waals surface area contributed by atoms with E-state index in [4.69, 9.17) is 9.94 Å². The van der Waals surface area contributed by atoms with Gasteiger partial charge in [-0.15, -0.1) is 0 Å². The molecule has 4 nitrogen and oxygen atoms in total. The lowest BCUT2D eigenvalue weighted by Gasteiger charge is -2.14. The van der Waals surface area contributed by atoms with E-state index in [0.717, 1.165) is 30.9 Å². The fourth-order valence-electron chi connectivity index (χ4n) is 2.35. The van der Waals surface area contributed by atoms with E-state index in [1.807, 2.05) is 24.3 Å². The van der Waals surface area contributed by atoms with Crippen molar-refractivity contribution in [2.75, 3.05) is 26.2 Å². The summed E-state index contributed by atoms with van der Waals surface area (Å²) < 4.78 is 5.74. The number of oxime groups is 1. The van der Waals surface area contributed by atoms with Gasteiger partial charge >= 0.3 is 0 Å². The molecule has 0 amide bonds. The fourth-order valence-corrected chi connectivity index (χ4v) is 2.35. The fraction of sp³-hybridized carbons (Fsp3) is 0.533. The molecule has 1 aliphatic heterocycles. The van der Waals surface area contributed by atoms with Crippen LogP contribution in [0.25, 0.3) is 0 Å². The Hall–Kier alpha value is -1.55. The molecule has 1 heterocycles. The van der Waals surface area contributed by atoms with Crippen LogP contribution in [-0.4, -0.2) is 42.1 Å². The van der Waals surface area contributed by atoms with Gasteiger partial charge in [0.15, 0.2) is 0 Å². The molecule has 0 aromatic heterocycles. The number of hydrogen-bond acceptors (Lipinski definition) is 4. The van der Waals surface area contributed by atoms with E-state index in [9.17, 15) is 0 Å². The van der Waals surface area contributed by atoms with Crippen molar-refractivity contribution in [3.8, 4) is 5.75 Å². The van der Waals surface area contributed by atoms with Crippen LogP contribution >= 0.6 is 0 Å². The molecule has 1 fully saturated rings. The smallest absolute Gasteiger partial charge is 0.119 e. The first kappa shape index (κ1) is 13.9. The molecule has 0 aliphatic carbocycles. The first-order valence-electron chi connectivity index (χ1n) is 6.94. The predicted octanol–water partition coefficient (Wildman–Crippen LogP) is 2.75. The highest BCUT2D eigenvalue weighted by Gasteiger charge is 2.10. The van der Waals surface area contributed by atoms with E-state index >= 15 is 0 Å². The van der Waals surface area contributed by atoms with Crippen LogP contribution in [0.15, 0.2) is 29.4 Å². The third-order valence-corrected chi connectivity index (χ3v) is 3.49. The Morgan fingerprint density at radius 2 is 2.16 bits per heavy atom. The van der Waals surface area contributed by atoms with Crippen molar-refractivity contribution in [3.05, 3.63) is 29.8 Å². The van der Waals surface area contributed by atoms with Crippen molar-refractivity contribution in [2.45, 2.75) is 26.2 Å². The van der Waals surface area contributed by atoms with E-state index in [-0.39, 0.29) is 0 Å². The first-order valence-corrected chi connectivity index (χ1v) is 6.94. The Bertz CT molecular complexity index is 426. The van der Waals surface area contributed by atoms with Crippen LogP contribution < -0.4 is 4.74 Å². The second-order valence-corrected chi connectivity index (χ2v) is 4.96. The summed E-state index contributed by atoms with van der Waals surface area (Å²) in [6.07, 6.45) is 3.72. The molecule has 1 aliphatic rings. The molecule has 2 rings (SSSR count). The zero-order chi connectivity index (χ0) is 13.5. The van der Waals surface area contributed by atoms with Crippen molar-refractivity contribution in [2.24, 2.45) is 5.16 Å². The summed E-state index contributed by atoms with van der Waals surface area (Å²) in [6, 6.07) is 7.67. The molecule has 0 atom stereocenters. The zero-order valence-electron chi connectivity index (χ0n) is 11.5. The summed E-state index contributed by atoms with van der Waals surface area (Å²) in [5, 5.41) is 12.0. The van der Waals surface area contributed by atoms with Gasteiger partial charge in [0.2, 0.25) is 0 Å². The van der Waals surface area contributed by atoms with Crippen LogP contribution in [-0.2, 0) is 0 Å². The normalized spacial score (nSPS) is 16.8. The Balaban J connectivity index is 1.76. The number of benzene rings is 1. The summed E-state index contributed by atoms with van der Waals surface area (Å²) in [6.45, 7) is 6.10. The lowest BCUT2D eigenvalue weighted by atomic mass is 10.1. The van der Waals surface area contributed by atoms with Crippen LogP contribution in [0.5, 0.6) is 5.75 Å². The van der Waals surface area contributed by atoms with Crippen LogP contribution in [0.1, 0.15) is 31.7 Å². The highest BCUT2D eigenvalue weighted by molar-refractivity contribution is 5.98. The predicted molar refractivity (Wildman–Crippen MR) is 76.2 cm³/mol. The third kappa shape index (κ3) is 4.24. The average molecular weight is 262 g/mol. The van der Waals surface area contributed by atoms with E-state index in [1.54, 1.807) is 6.92 Å². The van der Waals surface area contributed by atoms with Crippen LogP contribution in [0.3, 0.4) is 0 Å². The van der Waals surface area contributed by atoms with Crippen molar-refractivity contribution in [3.63, 3.8) is 0 Å². The van der Waals surface area contributed by atoms with Crippen LogP contribution in [0.4, 0.5) is 0 Å². The second-order valence-electron chi connectivity index (χ2n) is 4.96. The SMILES string of the molecule is CC(=NO)c1cccc(OCCCN2CCCC2)c1. The van der Waals surface area contributed by atoms with Gasteiger partial charge in [-0.2, -0.15) is 0 Å². The summed E-state index contributed by atoms with van der Waals surface area (Å²) >= 11 is 0. The lowest BCUT2D eigenvalue weighted by molar-refractivity contribution is 0.263. The van der Waals surface area contributed by atoms with Gasteiger partial charge in [0.05, 0.1) is 12.3 Å². The molecule has 19 heavy (non-hydrogen) atoms. The Morgan fingerprint density at radius 1 is 1.37 bits per heavy atom. The quantitative estimate of drug-likeness (QED) is 0.371. The van der Waals surface area contributed by atoms with Gasteiger partial charge in [0.25, 0.3) is 0 Å². The van der Waals surface area contributed by atoms with Gasteiger partial charge in [-0.05, 0) is 51.4 Å². The van der Waals surface area contributed by atoms with Gasteiger partial charge < -0.3 is 14.8 Å². The minimum absolute atomic E-state index is 0.600. The maximum Gasteiger partial charge on any atom is 0.119 e. The molecule has 1 N–H and O–H groups in total. The van der Waals surface area contributed by atoms with Gasteiger partial charge in [-0.3, -0.25) is 0 Å². The average Bonchev–Trinajstić information content (AvgIpc) is 2.96. The van der Waals surface area contributed by atoms with Crippen molar-refractivity contribution < 1.29 is 9.94 Å². The third-order valence-electron chi connectivity index (χ3n) is 3.49. The maximum absolute atomic E-state index is 8.76. The molecule has 104 valence electrons. The van der Waals surface area contributed by atoms with Crippen molar-refractivity contribution >= 4 is 5.71 Å². The van der Waals surface area contributed by atoms with Crippen LogP contribution in [0, 0.1) is 0 Å². The molecule has 0 unspecified atom stereocenters. The monoisotopic (exact) mass is 262 g/mol. The minimum Gasteiger partial charge on any atom is -0.494 e. The summed E-state index contributed by atoms with van der Waals surface area (Å²) in [5.74, 6) is 0.835. The van der Waals surface area contributed by atoms with Crippen molar-refractivity contribution in [1.29, 1.82) is 0 Å². The largest absolute Gasteiger partial charge is 0.494 e.